The smallest absolute Gasteiger partial charge is 0.233 e. The monoisotopic (exact) mass is 302 g/mol. The van der Waals surface area contributed by atoms with Crippen LogP contribution in [0.5, 0.6) is 0 Å². The van der Waals surface area contributed by atoms with Crippen LogP contribution < -0.4 is 0 Å². The largest absolute Gasteiger partial charge is 0.381 e. The summed E-state index contributed by atoms with van der Waals surface area (Å²) < 4.78 is 5.55. The number of carbonyl (C=O) groups excluding carboxylic acids is 1. The van der Waals surface area contributed by atoms with E-state index in [2.05, 4.69) is 29.0 Å². The first kappa shape index (κ1) is 15.5. The van der Waals surface area contributed by atoms with E-state index in [1.165, 1.54) is 0 Å². The van der Waals surface area contributed by atoms with Crippen molar-refractivity contribution in [1.82, 2.24) is 9.80 Å². The number of hydrogen-bond acceptors (Lipinski definition) is 3. The zero-order valence-electron chi connectivity index (χ0n) is 13.5. The molecular weight excluding hydrogens is 276 g/mol. The van der Waals surface area contributed by atoms with E-state index in [0.717, 1.165) is 51.0 Å². The summed E-state index contributed by atoms with van der Waals surface area (Å²) in [6.45, 7) is 5.10. The Hall–Kier alpha value is -1.39. The van der Waals surface area contributed by atoms with Crippen molar-refractivity contribution in [3.8, 4) is 0 Å². The van der Waals surface area contributed by atoms with Crippen molar-refractivity contribution in [3.63, 3.8) is 0 Å². The zero-order chi connectivity index (χ0) is 15.4. The Balaban J connectivity index is 1.87. The predicted octanol–water partition coefficient (Wildman–Crippen LogP) is 1.90. The van der Waals surface area contributed by atoms with Crippen molar-refractivity contribution >= 4 is 5.91 Å². The second-order valence-corrected chi connectivity index (χ2v) is 6.51. The number of likely N-dealkylation sites (N-methyl/N-ethyl adjacent to an activating group) is 1. The second kappa shape index (κ2) is 6.80. The highest BCUT2D eigenvalue weighted by molar-refractivity contribution is 5.88. The van der Waals surface area contributed by atoms with Gasteiger partial charge in [0.1, 0.15) is 0 Å². The minimum Gasteiger partial charge on any atom is -0.381 e. The van der Waals surface area contributed by atoms with E-state index in [0.29, 0.717) is 19.1 Å². The highest BCUT2D eigenvalue weighted by atomic mass is 16.5. The minimum absolute atomic E-state index is 0.303. The van der Waals surface area contributed by atoms with Gasteiger partial charge >= 0.3 is 0 Å². The van der Waals surface area contributed by atoms with Crippen LogP contribution in [-0.4, -0.2) is 62.1 Å². The summed E-state index contributed by atoms with van der Waals surface area (Å²) in [6, 6.07) is 10.3. The highest BCUT2D eigenvalue weighted by Crippen LogP contribution is 2.37. The van der Waals surface area contributed by atoms with Crippen LogP contribution in [-0.2, 0) is 14.9 Å². The van der Waals surface area contributed by atoms with Gasteiger partial charge in [0.2, 0.25) is 5.91 Å². The van der Waals surface area contributed by atoms with Crippen LogP contribution >= 0.6 is 0 Å². The van der Waals surface area contributed by atoms with E-state index in [9.17, 15) is 4.79 Å². The molecule has 2 fully saturated rings. The number of ether oxygens (including phenoxy) is 1. The summed E-state index contributed by atoms with van der Waals surface area (Å²) in [5, 5.41) is 0. The second-order valence-electron chi connectivity index (χ2n) is 6.51. The summed E-state index contributed by atoms with van der Waals surface area (Å²) in [4.78, 5) is 17.8. The lowest BCUT2D eigenvalue weighted by Crippen LogP contribution is -2.50. The highest BCUT2D eigenvalue weighted by Gasteiger charge is 2.44. The van der Waals surface area contributed by atoms with E-state index in [1.807, 2.05) is 18.2 Å². The molecule has 0 aromatic heterocycles. The fraction of sp³-hybridized carbons (Fsp3) is 0.611. The molecule has 0 N–H and O–H groups in total. The average molecular weight is 302 g/mol. The van der Waals surface area contributed by atoms with Gasteiger partial charge in [-0.1, -0.05) is 30.3 Å². The van der Waals surface area contributed by atoms with E-state index in [-0.39, 0.29) is 5.41 Å². The Bertz CT molecular complexity index is 497. The molecule has 0 bridgehead atoms. The predicted molar refractivity (Wildman–Crippen MR) is 86.9 cm³/mol. The van der Waals surface area contributed by atoms with Crippen molar-refractivity contribution in [1.29, 1.82) is 0 Å². The lowest BCUT2D eigenvalue weighted by molar-refractivity contribution is -0.141. The lowest BCUT2D eigenvalue weighted by Gasteiger charge is -2.40. The van der Waals surface area contributed by atoms with Crippen LogP contribution in [0.25, 0.3) is 0 Å². The molecule has 3 rings (SSSR count). The quantitative estimate of drug-likeness (QED) is 0.836. The van der Waals surface area contributed by atoms with Crippen LogP contribution in [0.2, 0.25) is 0 Å². The molecule has 0 saturated carbocycles. The molecule has 0 aliphatic carbocycles. The van der Waals surface area contributed by atoms with E-state index < -0.39 is 0 Å². The third-order valence-electron chi connectivity index (χ3n) is 5.09. The van der Waals surface area contributed by atoms with Gasteiger partial charge in [0.25, 0.3) is 0 Å². The topological polar surface area (TPSA) is 32.8 Å². The summed E-state index contributed by atoms with van der Waals surface area (Å²) in [7, 11) is 2.13. The van der Waals surface area contributed by atoms with Crippen molar-refractivity contribution < 1.29 is 9.53 Å². The molecule has 1 aromatic rings. The number of carbonyl (C=O) groups is 1. The standard InChI is InChI=1S/C18H26N2O2/c1-19-10-5-11-20(13-12-19)17(21)18(8-14-22-15-9-18)16-6-3-2-4-7-16/h2-4,6-7H,5,8-15H2,1H3. The van der Waals surface area contributed by atoms with Gasteiger partial charge in [0, 0.05) is 32.8 Å². The lowest BCUT2D eigenvalue weighted by atomic mass is 9.73. The van der Waals surface area contributed by atoms with E-state index in [1.54, 1.807) is 0 Å². The third kappa shape index (κ3) is 3.03. The number of rotatable bonds is 2. The Morgan fingerprint density at radius 3 is 2.50 bits per heavy atom. The molecule has 22 heavy (non-hydrogen) atoms. The SMILES string of the molecule is CN1CCCN(C(=O)C2(c3ccccc3)CCOCC2)CC1. The first-order chi connectivity index (χ1) is 10.7. The molecule has 120 valence electrons. The van der Waals surface area contributed by atoms with Gasteiger partial charge in [-0.2, -0.15) is 0 Å². The van der Waals surface area contributed by atoms with E-state index >= 15 is 0 Å². The average Bonchev–Trinajstić information content (AvgIpc) is 2.80. The van der Waals surface area contributed by atoms with Gasteiger partial charge in [0.15, 0.2) is 0 Å². The molecule has 2 aliphatic rings. The fourth-order valence-corrected chi connectivity index (χ4v) is 3.66. The van der Waals surface area contributed by atoms with Gasteiger partial charge in [-0.15, -0.1) is 0 Å². The molecule has 2 saturated heterocycles. The Morgan fingerprint density at radius 1 is 1.05 bits per heavy atom. The molecule has 0 atom stereocenters. The van der Waals surface area contributed by atoms with Crippen LogP contribution in [0, 0.1) is 0 Å². The molecule has 0 spiro atoms. The van der Waals surface area contributed by atoms with Gasteiger partial charge < -0.3 is 14.5 Å². The van der Waals surface area contributed by atoms with Crippen molar-refractivity contribution in [2.75, 3.05) is 46.4 Å². The maximum absolute atomic E-state index is 13.4. The van der Waals surface area contributed by atoms with Crippen LogP contribution in [0.1, 0.15) is 24.8 Å². The van der Waals surface area contributed by atoms with Crippen molar-refractivity contribution in [2.45, 2.75) is 24.7 Å². The fourth-order valence-electron chi connectivity index (χ4n) is 3.66. The Morgan fingerprint density at radius 2 is 1.77 bits per heavy atom. The number of amides is 1. The third-order valence-corrected chi connectivity index (χ3v) is 5.09. The number of hydrogen-bond donors (Lipinski definition) is 0. The van der Waals surface area contributed by atoms with Crippen molar-refractivity contribution in [3.05, 3.63) is 35.9 Å². The summed E-state index contributed by atoms with van der Waals surface area (Å²) in [6.07, 6.45) is 2.65. The first-order valence-electron chi connectivity index (χ1n) is 8.33. The van der Waals surface area contributed by atoms with Crippen molar-refractivity contribution in [2.24, 2.45) is 0 Å². The summed E-state index contributed by atoms with van der Waals surface area (Å²) in [5.41, 5.74) is 0.767. The molecule has 1 aromatic carbocycles. The van der Waals surface area contributed by atoms with Gasteiger partial charge in [-0.3, -0.25) is 4.79 Å². The van der Waals surface area contributed by atoms with Gasteiger partial charge in [0.05, 0.1) is 5.41 Å². The molecule has 0 unspecified atom stereocenters. The first-order valence-corrected chi connectivity index (χ1v) is 8.33. The molecule has 2 aliphatic heterocycles. The van der Waals surface area contributed by atoms with Gasteiger partial charge in [-0.05, 0) is 38.4 Å². The molecule has 1 amide bonds. The molecule has 2 heterocycles. The maximum atomic E-state index is 13.4. The molecule has 4 heteroatoms. The molecular formula is C18H26N2O2. The van der Waals surface area contributed by atoms with E-state index in [4.69, 9.17) is 4.74 Å². The molecule has 4 nitrogen and oxygen atoms in total. The maximum Gasteiger partial charge on any atom is 0.233 e. The number of nitrogens with zero attached hydrogens (tertiary/aromatic N) is 2. The zero-order valence-corrected chi connectivity index (χ0v) is 13.5. The van der Waals surface area contributed by atoms with Crippen LogP contribution in [0.3, 0.4) is 0 Å². The van der Waals surface area contributed by atoms with Crippen LogP contribution in [0.15, 0.2) is 30.3 Å². The van der Waals surface area contributed by atoms with Crippen LogP contribution in [0.4, 0.5) is 0 Å². The summed E-state index contributed by atoms with van der Waals surface area (Å²) in [5.74, 6) is 0.303. The summed E-state index contributed by atoms with van der Waals surface area (Å²) >= 11 is 0. The van der Waals surface area contributed by atoms with Gasteiger partial charge in [-0.25, -0.2) is 0 Å². The molecule has 0 radical (unpaired) electrons. The number of benzene rings is 1. The Kier molecular flexibility index (Phi) is 4.79. The Labute approximate surface area is 133 Å². The normalized spacial score (nSPS) is 23.0. The minimum atomic E-state index is -0.386.